The summed E-state index contributed by atoms with van der Waals surface area (Å²) >= 11 is 17.6. The zero-order valence-corrected chi connectivity index (χ0v) is 13.4. The zero-order valence-electron chi connectivity index (χ0n) is 11.1. The second-order valence-electron chi connectivity index (χ2n) is 4.41. The fourth-order valence-electron chi connectivity index (χ4n) is 1.68. The second kappa shape index (κ2) is 7.03. The van der Waals surface area contributed by atoms with Gasteiger partial charge in [0.15, 0.2) is 6.61 Å². The van der Waals surface area contributed by atoms with E-state index in [9.17, 15) is 4.79 Å². The van der Waals surface area contributed by atoms with Crippen LogP contribution in [-0.2, 0) is 4.79 Å². The lowest BCUT2D eigenvalue weighted by Crippen LogP contribution is -2.20. The normalized spacial score (nSPS) is 10.3. The summed E-state index contributed by atoms with van der Waals surface area (Å²) in [6.45, 7) is 1.74. The highest BCUT2D eigenvalue weighted by molar-refractivity contribution is 6.35. The lowest BCUT2D eigenvalue weighted by Gasteiger charge is -2.09. The van der Waals surface area contributed by atoms with Crippen molar-refractivity contribution in [2.45, 2.75) is 6.92 Å². The van der Waals surface area contributed by atoms with Gasteiger partial charge in [-0.25, -0.2) is 0 Å². The van der Waals surface area contributed by atoms with Gasteiger partial charge in [-0.05, 0) is 48.9 Å². The number of ether oxygens (including phenoxy) is 1. The molecular formula is C15H12Cl3NO2. The highest BCUT2D eigenvalue weighted by Crippen LogP contribution is 2.23. The Kier molecular flexibility index (Phi) is 5.34. The standard InChI is InChI=1S/C15H12Cl3NO2/c1-9-4-13(2-3-14(9)18)21-8-15(20)19-12-6-10(16)5-11(17)7-12/h2-7H,8H2,1H3,(H,19,20). The number of carbonyl (C=O) groups is 1. The fraction of sp³-hybridized carbons (Fsp3) is 0.133. The number of halogens is 3. The van der Waals surface area contributed by atoms with Crippen LogP contribution in [0.2, 0.25) is 15.1 Å². The fourth-order valence-corrected chi connectivity index (χ4v) is 2.32. The van der Waals surface area contributed by atoms with Gasteiger partial charge in [-0.3, -0.25) is 4.79 Å². The van der Waals surface area contributed by atoms with Gasteiger partial charge in [-0.2, -0.15) is 0 Å². The Labute approximate surface area is 137 Å². The van der Waals surface area contributed by atoms with E-state index in [1.54, 1.807) is 36.4 Å². The summed E-state index contributed by atoms with van der Waals surface area (Å²) in [6.07, 6.45) is 0. The van der Waals surface area contributed by atoms with E-state index in [-0.39, 0.29) is 12.5 Å². The van der Waals surface area contributed by atoms with Gasteiger partial charge in [0.1, 0.15) is 5.75 Å². The SMILES string of the molecule is Cc1cc(OCC(=O)Nc2cc(Cl)cc(Cl)c2)ccc1Cl. The van der Waals surface area contributed by atoms with Crippen molar-refractivity contribution in [1.82, 2.24) is 0 Å². The molecule has 21 heavy (non-hydrogen) atoms. The number of amides is 1. The van der Waals surface area contributed by atoms with Crippen molar-refractivity contribution >= 4 is 46.4 Å². The quantitative estimate of drug-likeness (QED) is 0.850. The lowest BCUT2D eigenvalue weighted by molar-refractivity contribution is -0.118. The number of hydrogen-bond acceptors (Lipinski definition) is 2. The van der Waals surface area contributed by atoms with E-state index in [0.717, 1.165) is 5.56 Å². The first-order chi connectivity index (χ1) is 9.94. The molecular weight excluding hydrogens is 333 g/mol. The molecule has 6 heteroatoms. The van der Waals surface area contributed by atoms with Crippen LogP contribution in [0.4, 0.5) is 5.69 Å². The van der Waals surface area contributed by atoms with Gasteiger partial charge in [0.25, 0.3) is 5.91 Å². The van der Waals surface area contributed by atoms with Crippen LogP contribution in [0.1, 0.15) is 5.56 Å². The Morgan fingerprint density at radius 1 is 1.10 bits per heavy atom. The molecule has 2 aromatic rings. The number of rotatable bonds is 4. The molecule has 0 aliphatic carbocycles. The third-order valence-corrected chi connectivity index (χ3v) is 3.51. The maximum atomic E-state index is 11.8. The minimum atomic E-state index is -0.305. The van der Waals surface area contributed by atoms with Gasteiger partial charge < -0.3 is 10.1 Å². The molecule has 0 saturated heterocycles. The lowest BCUT2D eigenvalue weighted by atomic mass is 10.2. The van der Waals surface area contributed by atoms with E-state index < -0.39 is 0 Å². The van der Waals surface area contributed by atoms with Gasteiger partial charge in [-0.1, -0.05) is 34.8 Å². The average Bonchev–Trinajstić information content (AvgIpc) is 2.39. The predicted molar refractivity (Wildman–Crippen MR) is 86.8 cm³/mol. The Bertz CT molecular complexity index is 654. The topological polar surface area (TPSA) is 38.3 Å². The monoisotopic (exact) mass is 343 g/mol. The van der Waals surface area contributed by atoms with Crippen molar-refractivity contribution in [3.05, 3.63) is 57.0 Å². The summed E-state index contributed by atoms with van der Waals surface area (Å²) in [5.41, 5.74) is 1.41. The smallest absolute Gasteiger partial charge is 0.262 e. The number of carbonyl (C=O) groups excluding carboxylic acids is 1. The molecule has 110 valence electrons. The Morgan fingerprint density at radius 2 is 1.76 bits per heavy atom. The molecule has 0 fully saturated rings. The van der Waals surface area contributed by atoms with Crippen LogP contribution in [0.15, 0.2) is 36.4 Å². The van der Waals surface area contributed by atoms with Crippen LogP contribution >= 0.6 is 34.8 Å². The molecule has 2 aromatic carbocycles. The zero-order chi connectivity index (χ0) is 15.4. The highest BCUT2D eigenvalue weighted by Gasteiger charge is 2.06. The second-order valence-corrected chi connectivity index (χ2v) is 5.69. The molecule has 0 unspecified atom stereocenters. The first-order valence-electron chi connectivity index (χ1n) is 6.09. The Balaban J connectivity index is 1.94. The van der Waals surface area contributed by atoms with Gasteiger partial charge in [0.2, 0.25) is 0 Å². The highest BCUT2D eigenvalue weighted by atomic mass is 35.5. The van der Waals surface area contributed by atoms with Crippen LogP contribution in [0, 0.1) is 6.92 Å². The number of hydrogen-bond donors (Lipinski definition) is 1. The van der Waals surface area contributed by atoms with Crippen LogP contribution < -0.4 is 10.1 Å². The summed E-state index contributed by atoms with van der Waals surface area (Å²) in [6, 6.07) is 10.0. The van der Waals surface area contributed by atoms with Crippen molar-refractivity contribution in [3.63, 3.8) is 0 Å². The van der Waals surface area contributed by atoms with Crippen LogP contribution in [0.3, 0.4) is 0 Å². The van der Waals surface area contributed by atoms with Gasteiger partial charge in [0, 0.05) is 20.8 Å². The van der Waals surface area contributed by atoms with Gasteiger partial charge >= 0.3 is 0 Å². The molecule has 0 aliphatic rings. The summed E-state index contributed by atoms with van der Waals surface area (Å²) in [5, 5.41) is 4.22. The summed E-state index contributed by atoms with van der Waals surface area (Å²) in [7, 11) is 0. The molecule has 1 amide bonds. The van der Waals surface area contributed by atoms with E-state index in [1.807, 2.05) is 6.92 Å². The van der Waals surface area contributed by atoms with Crippen LogP contribution in [-0.4, -0.2) is 12.5 Å². The first-order valence-corrected chi connectivity index (χ1v) is 7.22. The van der Waals surface area contributed by atoms with E-state index in [1.165, 1.54) is 0 Å². The third-order valence-electron chi connectivity index (χ3n) is 2.65. The molecule has 0 atom stereocenters. The van der Waals surface area contributed by atoms with E-state index in [4.69, 9.17) is 39.5 Å². The molecule has 0 spiro atoms. The summed E-state index contributed by atoms with van der Waals surface area (Å²) in [5.74, 6) is 0.275. The van der Waals surface area contributed by atoms with Crippen molar-refractivity contribution < 1.29 is 9.53 Å². The first kappa shape index (κ1) is 16.0. The Hall–Kier alpha value is -1.42. The van der Waals surface area contributed by atoms with Crippen molar-refractivity contribution in [3.8, 4) is 5.75 Å². The minimum Gasteiger partial charge on any atom is -0.484 e. The molecule has 0 radical (unpaired) electrons. The maximum absolute atomic E-state index is 11.8. The molecule has 0 heterocycles. The van der Waals surface area contributed by atoms with Gasteiger partial charge in [-0.15, -0.1) is 0 Å². The maximum Gasteiger partial charge on any atom is 0.262 e. The van der Waals surface area contributed by atoms with E-state index in [2.05, 4.69) is 5.32 Å². The largest absolute Gasteiger partial charge is 0.484 e. The van der Waals surface area contributed by atoms with Gasteiger partial charge in [0.05, 0.1) is 0 Å². The molecule has 0 aliphatic heterocycles. The number of anilines is 1. The summed E-state index contributed by atoms with van der Waals surface area (Å²) in [4.78, 5) is 11.8. The van der Waals surface area contributed by atoms with Crippen LogP contribution in [0.5, 0.6) is 5.75 Å². The molecule has 2 rings (SSSR count). The van der Waals surface area contributed by atoms with Crippen molar-refractivity contribution in [2.24, 2.45) is 0 Å². The third kappa shape index (κ3) is 4.81. The van der Waals surface area contributed by atoms with Crippen molar-refractivity contribution in [2.75, 3.05) is 11.9 Å². The molecule has 1 N–H and O–H groups in total. The molecule has 0 bridgehead atoms. The average molecular weight is 345 g/mol. The molecule has 3 nitrogen and oxygen atoms in total. The van der Waals surface area contributed by atoms with E-state index in [0.29, 0.717) is 26.5 Å². The van der Waals surface area contributed by atoms with E-state index >= 15 is 0 Å². The Morgan fingerprint density at radius 3 is 2.38 bits per heavy atom. The van der Waals surface area contributed by atoms with Crippen LogP contribution in [0.25, 0.3) is 0 Å². The number of benzene rings is 2. The molecule has 0 aromatic heterocycles. The number of aryl methyl sites for hydroxylation is 1. The minimum absolute atomic E-state index is 0.120. The molecule has 0 saturated carbocycles. The number of nitrogens with one attached hydrogen (secondary N) is 1. The summed E-state index contributed by atoms with van der Waals surface area (Å²) < 4.78 is 5.40. The predicted octanol–water partition coefficient (Wildman–Crippen LogP) is 4.97. The van der Waals surface area contributed by atoms with Crippen molar-refractivity contribution in [1.29, 1.82) is 0 Å².